The number of ether oxygens (including phenoxy) is 2. The van der Waals surface area contributed by atoms with Crippen LogP contribution in [0, 0.1) is 12.8 Å². The average molecular weight is 465 g/mol. The molecule has 0 aromatic carbocycles. The van der Waals surface area contributed by atoms with Crippen LogP contribution < -0.4 is 15.0 Å². The lowest BCUT2D eigenvalue weighted by molar-refractivity contribution is -0.141. The fourth-order valence-corrected chi connectivity index (χ4v) is 4.30. The van der Waals surface area contributed by atoms with Crippen LogP contribution in [0.1, 0.15) is 37.0 Å². The number of aromatic nitrogens is 3. The van der Waals surface area contributed by atoms with Gasteiger partial charge in [0.1, 0.15) is 29.0 Å². The van der Waals surface area contributed by atoms with E-state index in [9.17, 15) is 18.0 Å². The van der Waals surface area contributed by atoms with E-state index in [4.69, 9.17) is 14.5 Å². The van der Waals surface area contributed by atoms with Crippen LogP contribution in [0.2, 0.25) is 0 Å². The Hall–Kier alpha value is -2.95. The van der Waals surface area contributed by atoms with E-state index in [0.717, 1.165) is 12.3 Å². The minimum atomic E-state index is -4.50. The number of carbonyl (C=O) groups is 1. The zero-order chi connectivity index (χ0) is 23.9. The lowest BCUT2D eigenvalue weighted by Crippen LogP contribution is -2.53. The first-order valence-electron chi connectivity index (χ1n) is 10.7. The number of carbonyl (C=O) groups excluding carboxylic acids is 1. The van der Waals surface area contributed by atoms with Crippen molar-refractivity contribution in [2.75, 3.05) is 24.4 Å². The van der Waals surface area contributed by atoms with Crippen molar-refractivity contribution in [1.29, 1.82) is 0 Å². The highest BCUT2D eigenvalue weighted by Crippen LogP contribution is 2.37. The van der Waals surface area contributed by atoms with Gasteiger partial charge >= 0.3 is 6.18 Å². The van der Waals surface area contributed by atoms with Crippen LogP contribution in [-0.4, -0.2) is 53.3 Å². The molecular formula is C22H26F3N5O3. The summed E-state index contributed by atoms with van der Waals surface area (Å²) in [6.07, 6.45) is -1.88. The number of pyridine rings is 1. The van der Waals surface area contributed by atoms with Crippen molar-refractivity contribution >= 4 is 17.4 Å². The summed E-state index contributed by atoms with van der Waals surface area (Å²) in [5.41, 5.74) is 0.312. The largest absolute Gasteiger partial charge is 0.490 e. The summed E-state index contributed by atoms with van der Waals surface area (Å²) in [5, 5.41) is 2.89. The number of rotatable bonds is 6. The highest BCUT2D eigenvalue weighted by atomic mass is 19.4. The lowest BCUT2D eigenvalue weighted by Gasteiger charge is -2.38. The number of methoxy groups -OCH3 is 1. The molecule has 1 amide bonds. The standard InChI is InChI=1S/C22H26F3N5O3/c1-11-18-20(30(3)19(12(2)32-4)21(31)29-18)28-17(27-11)9-13-7-15(8-13)33-14-5-6-26-16(10-14)22(23,24)25/h5-6,10,12-13,15,19H,7-9H2,1-4H3,(H,29,31)/t12-,13?,15?,19-/m0/s1. The number of halogens is 3. The molecule has 11 heteroatoms. The number of likely N-dealkylation sites (N-methyl/N-ethyl adjacent to an activating group) is 1. The quantitative estimate of drug-likeness (QED) is 0.700. The number of aryl methyl sites for hydroxylation is 1. The van der Waals surface area contributed by atoms with Crippen molar-refractivity contribution in [3.8, 4) is 5.75 Å². The van der Waals surface area contributed by atoms with Crippen LogP contribution in [0.5, 0.6) is 5.75 Å². The maximum absolute atomic E-state index is 12.8. The minimum absolute atomic E-state index is 0.161. The van der Waals surface area contributed by atoms with Gasteiger partial charge in [0.2, 0.25) is 5.91 Å². The van der Waals surface area contributed by atoms with Gasteiger partial charge in [-0.3, -0.25) is 9.78 Å². The van der Waals surface area contributed by atoms with Gasteiger partial charge in [0, 0.05) is 32.8 Å². The number of amides is 1. The average Bonchev–Trinajstić information content (AvgIpc) is 2.72. The summed E-state index contributed by atoms with van der Waals surface area (Å²) in [6.45, 7) is 3.65. The second-order valence-electron chi connectivity index (χ2n) is 8.57. The molecule has 3 heterocycles. The summed E-state index contributed by atoms with van der Waals surface area (Å²) >= 11 is 0. The molecule has 2 atom stereocenters. The third-order valence-corrected chi connectivity index (χ3v) is 6.19. The van der Waals surface area contributed by atoms with Crippen molar-refractivity contribution in [1.82, 2.24) is 15.0 Å². The van der Waals surface area contributed by atoms with Gasteiger partial charge in [0.15, 0.2) is 5.82 Å². The van der Waals surface area contributed by atoms with E-state index < -0.39 is 17.9 Å². The van der Waals surface area contributed by atoms with E-state index in [1.807, 2.05) is 25.8 Å². The number of alkyl halides is 3. The first kappa shape index (κ1) is 23.2. The van der Waals surface area contributed by atoms with Gasteiger partial charge in [-0.05, 0) is 38.7 Å². The van der Waals surface area contributed by atoms with Crippen LogP contribution in [0.4, 0.5) is 24.7 Å². The number of nitrogens with zero attached hydrogens (tertiary/aromatic N) is 4. The predicted octanol–water partition coefficient (Wildman–Crippen LogP) is 3.39. The topological polar surface area (TPSA) is 89.5 Å². The van der Waals surface area contributed by atoms with Gasteiger partial charge < -0.3 is 19.7 Å². The number of anilines is 2. The lowest BCUT2D eigenvalue weighted by atomic mass is 9.80. The van der Waals surface area contributed by atoms with Gasteiger partial charge in [-0.1, -0.05) is 0 Å². The molecule has 4 rings (SSSR count). The molecule has 0 unspecified atom stereocenters. The van der Waals surface area contributed by atoms with E-state index >= 15 is 0 Å². The molecule has 178 valence electrons. The Morgan fingerprint density at radius 2 is 2.03 bits per heavy atom. The fraction of sp³-hybridized carbons (Fsp3) is 0.545. The van der Waals surface area contributed by atoms with Crippen LogP contribution in [0.3, 0.4) is 0 Å². The van der Waals surface area contributed by atoms with Crippen molar-refractivity contribution in [3.63, 3.8) is 0 Å². The zero-order valence-electron chi connectivity index (χ0n) is 18.8. The maximum Gasteiger partial charge on any atom is 0.433 e. The van der Waals surface area contributed by atoms with Crippen molar-refractivity contribution in [2.24, 2.45) is 5.92 Å². The third-order valence-electron chi connectivity index (χ3n) is 6.19. The molecule has 1 aliphatic heterocycles. The van der Waals surface area contributed by atoms with Crippen LogP contribution in [0.15, 0.2) is 18.3 Å². The van der Waals surface area contributed by atoms with Gasteiger partial charge in [-0.15, -0.1) is 0 Å². The second-order valence-corrected chi connectivity index (χ2v) is 8.57. The Morgan fingerprint density at radius 3 is 2.70 bits per heavy atom. The predicted molar refractivity (Wildman–Crippen MR) is 114 cm³/mol. The first-order valence-corrected chi connectivity index (χ1v) is 10.7. The Morgan fingerprint density at radius 1 is 1.30 bits per heavy atom. The molecule has 1 fully saturated rings. The Bertz CT molecular complexity index is 1040. The molecule has 1 N–H and O–H groups in total. The molecule has 0 spiro atoms. The molecule has 2 aliphatic rings. The third kappa shape index (κ3) is 4.73. The van der Waals surface area contributed by atoms with Crippen LogP contribution in [0.25, 0.3) is 0 Å². The van der Waals surface area contributed by atoms with Gasteiger partial charge in [-0.2, -0.15) is 13.2 Å². The molecular weight excluding hydrogens is 439 g/mol. The number of hydrogen-bond donors (Lipinski definition) is 1. The molecule has 2 aromatic heterocycles. The summed E-state index contributed by atoms with van der Waals surface area (Å²) in [6, 6.07) is 1.85. The van der Waals surface area contributed by atoms with Crippen molar-refractivity contribution in [3.05, 3.63) is 35.5 Å². The van der Waals surface area contributed by atoms with E-state index in [1.54, 1.807) is 7.11 Å². The molecule has 0 saturated heterocycles. The monoisotopic (exact) mass is 465 g/mol. The SMILES string of the molecule is CO[C@@H](C)[C@H]1C(=O)Nc2c(C)nc(CC3CC(Oc4ccnc(C(F)(F)F)c4)C3)nc2N1C. The number of fused-ring (bicyclic) bond motifs is 1. The van der Waals surface area contributed by atoms with Crippen molar-refractivity contribution < 1.29 is 27.4 Å². The molecule has 2 aromatic rings. The Kier molecular flexibility index (Phi) is 6.17. The minimum Gasteiger partial charge on any atom is -0.490 e. The molecule has 8 nitrogen and oxygen atoms in total. The summed E-state index contributed by atoms with van der Waals surface area (Å²) in [7, 11) is 3.37. The molecule has 0 radical (unpaired) electrons. The molecule has 0 bridgehead atoms. The summed E-state index contributed by atoms with van der Waals surface area (Å²) < 4.78 is 49.5. The fourth-order valence-electron chi connectivity index (χ4n) is 4.30. The molecule has 33 heavy (non-hydrogen) atoms. The van der Waals surface area contributed by atoms with Crippen molar-refractivity contribution in [2.45, 2.75) is 57.5 Å². The zero-order valence-corrected chi connectivity index (χ0v) is 18.8. The smallest absolute Gasteiger partial charge is 0.433 e. The summed E-state index contributed by atoms with van der Waals surface area (Å²) in [5.74, 6) is 1.56. The number of nitrogens with one attached hydrogen (secondary N) is 1. The van der Waals surface area contributed by atoms with E-state index in [-0.39, 0.29) is 29.8 Å². The second kappa shape index (κ2) is 8.77. The molecule has 1 saturated carbocycles. The molecule has 1 aliphatic carbocycles. The highest BCUT2D eigenvalue weighted by Gasteiger charge is 2.38. The highest BCUT2D eigenvalue weighted by molar-refractivity contribution is 6.03. The van der Waals surface area contributed by atoms with Gasteiger partial charge in [-0.25, -0.2) is 9.97 Å². The van der Waals surface area contributed by atoms with E-state index in [2.05, 4.69) is 15.3 Å². The summed E-state index contributed by atoms with van der Waals surface area (Å²) in [4.78, 5) is 26.9. The van der Waals surface area contributed by atoms with Crippen LogP contribution in [-0.2, 0) is 22.1 Å². The Balaban J connectivity index is 1.40. The van der Waals surface area contributed by atoms with E-state index in [1.165, 1.54) is 6.07 Å². The van der Waals surface area contributed by atoms with Crippen LogP contribution >= 0.6 is 0 Å². The first-order chi connectivity index (χ1) is 15.6. The number of hydrogen-bond acceptors (Lipinski definition) is 7. The van der Waals surface area contributed by atoms with Gasteiger partial charge in [0.05, 0.1) is 17.9 Å². The van der Waals surface area contributed by atoms with E-state index in [0.29, 0.717) is 42.3 Å². The Labute approximate surface area is 189 Å². The maximum atomic E-state index is 12.8. The normalized spacial score (nSPS) is 23.4. The van der Waals surface area contributed by atoms with Gasteiger partial charge in [0.25, 0.3) is 0 Å².